The van der Waals surface area contributed by atoms with E-state index < -0.39 is 0 Å². The smallest absolute Gasteiger partial charge is 0.323 e. The highest BCUT2D eigenvalue weighted by molar-refractivity contribution is 6.02. The molecule has 2 N–H and O–H groups in total. The van der Waals surface area contributed by atoms with Crippen LogP contribution in [0.5, 0.6) is 0 Å². The molecule has 1 aliphatic rings. The largest absolute Gasteiger partial charge is 0.469 e. The van der Waals surface area contributed by atoms with Gasteiger partial charge in [-0.15, -0.1) is 0 Å². The van der Waals surface area contributed by atoms with Gasteiger partial charge in [-0.2, -0.15) is 0 Å². The second-order valence-corrected chi connectivity index (χ2v) is 9.59. The number of carbonyl (C=O) groups excluding carboxylic acids is 2. The lowest BCUT2D eigenvalue weighted by Crippen LogP contribution is -2.40. The van der Waals surface area contributed by atoms with E-state index in [1.807, 2.05) is 67.6 Å². The van der Waals surface area contributed by atoms with Crippen LogP contribution in [0.2, 0.25) is 0 Å². The highest BCUT2D eigenvalue weighted by Crippen LogP contribution is 2.36. The monoisotopic (exact) mass is 515 g/mol. The zero-order valence-corrected chi connectivity index (χ0v) is 22.4. The van der Waals surface area contributed by atoms with Crippen LogP contribution in [0.25, 0.3) is 0 Å². The number of nitrogens with zero attached hydrogens (tertiary/aromatic N) is 1. The molecule has 3 aromatic carbocycles. The van der Waals surface area contributed by atoms with E-state index in [9.17, 15) is 9.59 Å². The predicted molar refractivity (Wildman–Crippen MR) is 152 cm³/mol. The molecule has 1 saturated heterocycles. The normalized spacial score (nSPS) is 14.4. The van der Waals surface area contributed by atoms with Crippen LogP contribution < -0.4 is 15.5 Å². The van der Waals surface area contributed by atoms with Crippen LogP contribution in [-0.4, -0.2) is 44.9 Å². The van der Waals surface area contributed by atoms with Crippen molar-refractivity contribution in [3.05, 3.63) is 89.5 Å². The molecule has 3 aromatic rings. The zero-order valence-electron chi connectivity index (χ0n) is 22.4. The molecule has 0 radical (unpaired) electrons. The minimum atomic E-state index is -0.320. The van der Waals surface area contributed by atoms with Crippen LogP contribution >= 0.6 is 0 Å². The maximum Gasteiger partial charge on any atom is 0.323 e. The average molecular weight is 516 g/mol. The number of anilines is 3. The molecule has 1 unspecified atom stereocenters. The molecule has 4 rings (SSSR count). The lowest BCUT2D eigenvalue weighted by atomic mass is 9.88. The zero-order chi connectivity index (χ0) is 26.9. The Kier molecular flexibility index (Phi) is 9.38. The minimum absolute atomic E-state index is 0.201. The summed E-state index contributed by atoms with van der Waals surface area (Å²) in [5, 5.41) is 6.04. The summed E-state index contributed by atoms with van der Waals surface area (Å²) >= 11 is 0. The van der Waals surface area contributed by atoms with Crippen LogP contribution in [0.1, 0.15) is 48.8 Å². The number of hydrogen-bond acceptors (Lipinski definition) is 5. The maximum absolute atomic E-state index is 13.1. The minimum Gasteiger partial charge on any atom is -0.469 e. The number of methoxy groups -OCH3 is 1. The molecule has 0 aliphatic carbocycles. The third kappa shape index (κ3) is 6.92. The van der Waals surface area contributed by atoms with Gasteiger partial charge in [0.1, 0.15) is 0 Å². The van der Waals surface area contributed by atoms with Gasteiger partial charge < -0.3 is 25.0 Å². The van der Waals surface area contributed by atoms with Gasteiger partial charge in [0.05, 0.1) is 24.9 Å². The first-order chi connectivity index (χ1) is 18.5. The number of carbonyl (C=O) groups is 2. The van der Waals surface area contributed by atoms with E-state index in [-0.39, 0.29) is 24.3 Å². The molecular weight excluding hydrogens is 478 g/mol. The molecule has 7 nitrogen and oxygen atoms in total. The van der Waals surface area contributed by atoms with Crippen LogP contribution in [0.3, 0.4) is 0 Å². The average Bonchev–Trinajstić information content (AvgIpc) is 2.95. The topological polar surface area (TPSA) is 79.9 Å². The fourth-order valence-electron chi connectivity index (χ4n) is 5.03. The summed E-state index contributed by atoms with van der Waals surface area (Å²) in [7, 11) is 1.41. The van der Waals surface area contributed by atoms with Gasteiger partial charge in [-0.25, -0.2) is 4.79 Å². The number of esters is 1. The second-order valence-electron chi connectivity index (χ2n) is 9.59. The molecule has 1 fully saturated rings. The third-order valence-corrected chi connectivity index (χ3v) is 7.06. The lowest BCUT2D eigenvalue weighted by Gasteiger charge is -2.36. The van der Waals surface area contributed by atoms with Gasteiger partial charge in [0.2, 0.25) is 0 Å². The van der Waals surface area contributed by atoms with Crippen molar-refractivity contribution < 1.29 is 19.1 Å². The molecule has 0 saturated carbocycles. The Morgan fingerprint density at radius 3 is 2.34 bits per heavy atom. The van der Waals surface area contributed by atoms with Gasteiger partial charge in [0, 0.05) is 37.4 Å². The summed E-state index contributed by atoms with van der Waals surface area (Å²) < 4.78 is 10.6. The van der Waals surface area contributed by atoms with Gasteiger partial charge in [-0.05, 0) is 62.1 Å². The fraction of sp³-hybridized carbons (Fsp3) is 0.355. The molecule has 7 heteroatoms. The molecule has 1 aliphatic heterocycles. The van der Waals surface area contributed by atoms with Crippen LogP contribution in [-0.2, 0) is 14.3 Å². The van der Waals surface area contributed by atoms with Gasteiger partial charge >= 0.3 is 12.0 Å². The first-order valence-corrected chi connectivity index (χ1v) is 13.2. The molecule has 0 bridgehead atoms. The van der Waals surface area contributed by atoms with E-state index >= 15 is 0 Å². The molecule has 0 aromatic heterocycles. The summed E-state index contributed by atoms with van der Waals surface area (Å²) in [6.07, 6.45) is 2.06. The number of hydrogen-bond donors (Lipinski definition) is 2. The number of urea groups is 1. The Bertz CT molecular complexity index is 1210. The molecule has 1 atom stereocenters. The van der Waals surface area contributed by atoms with Crippen LogP contribution in [0.4, 0.5) is 21.9 Å². The summed E-state index contributed by atoms with van der Waals surface area (Å²) in [6, 6.07) is 23.7. The first kappa shape index (κ1) is 27.2. The molecular formula is C31H37N3O4. The van der Waals surface area contributed by atoms with Crippen molar-refractivity contribution >= 4 is 29.1 Å². The Balaban J connectivity index is 1.70. The Hall–Kier alpha value is -3.84. The number of rotatable bonds is 9. The number of nitrogens with one attached hydrogen (secondary N) is 2. The molecule has 2 amide bonds. The molecule has 1 heterocycles. The van der Waals surface area contributed by atoms with E-state index in [0.717, 1.165) is 60.7 Å². The van der Waals surface area contributed by atoms with Crippen molar-refractivity contribution in [2.45, 2.75) is 45.1 Å². The highest BCUT2D eigenvalue weighted by atomic mass is 16.5. The number of ether oxygens (including phenoxy) is 2. The van der Waals surface area contributed by atoms with Crippen molar-refractivity contribution in [3.63, 3.8) is 0 Å². The Labute approximate surface area is 225 Å². The summed E-state index contributed by atoms with van der Waals surface area (Å²) in [5.41, 5.74) is 5.43. The van der Waals surface area contributed by atoms with E-state index in [4.69, 9.17) is 9.47 Å². The standard InChI is InChI=1S/C31H37N3O4/c1-4-34(26-16-18-38-19-17-26)29-15-12-24(27(21-30(35)37-3)23-8-6-5-7-9-23)20-28(29)33-31(36)32-25-13-10-22(2)11-14-25/h5-15,20,26-27H,4,16-19,21H2,1-3H3,(H2,32,33,36). The number of amides is 2. The molecule has 200 valence electrons. The maximum atomic E-state index is 13.1. The molecule has 38 heavy (non-hydrogen) atoms. The first-order valence-electron chi connectivity index (χ1n) is 13.2. The lowest BCUT2D eigenvalue weighted by molar-refractivity contribution is -0.140. The number of aryl methyl sites for hydroxylation is 1. The van der Waals surface area contributed by atoms with Gasteiger partial charge in [0.25, 0.3) is 0 Å². The molecule has 0 spiro atoms. The number of benzene rings is 3. The van der Waals surface area contributed by atoms with Crippen molar-refractivity contribution in [2.75, 3.05) is 42.4 Å². The van der Waals surface area contributed by atoms with E-state index in [0.29, 0.717) is 11.7 Å². The van der Waals surface area contributed by atoms with Gasteiger partial charge in [-0.1, -0.05) is 54.1 Å². The third-order valence-electron chi connectivity index (χ3n) is 7.06. The van der Waals surface area contributed by atoms with Crippen molar-refractivity contribution in [2.24, 2.45) is 0 Å². The van der Waals surface area contributed by atoms with Crippen LogP contribution in [0, 0.1) is 6.92 Å². The van der Waals surface area contributed by atoms with E-state index in [1.165, 1.54) is 7.11 Å². The van der Waals surface area contributed by atoms with Crippen molar-refractivity contribution in [1.29, 1.82) is 0 Å². The SMILES string of the molecule is CCN(c1ccc(C(CC(=O)OC)c2ccccc2)cc1NC(=O)Nc1ccc(C)cc1)C1CCOCC1. The predicted octanol–water partition coefficient (Wildman–Crippen LogP) is 6.34. The van der Waals surface area contributed by atoms with E-state index in [1.54, 1.807) is 0 Å². The summed E-state index contributed by atoms with van der Waals surface area (Å²) in [4.78, 5) is 27.9. The van der Waals surface area contributed by atoms with Crippen molar-refractivity contribution in [3.8, 4) is 0 Å². The second kappa shape index (κ2) is 13.1. The van der Waals surface area contributed by atoms with Gasteiger partial charge in [-0.3, -0.25) is 4.79 Å². The van der Waals surface area contributed by atoms with Crippen LogP contribution in [0.15, 0.2) is 72.8 Å². The fourth-order valence-corrected chi connectivity index (χ4v) is 5.03. The van der Waals surface area contributed by atoms with E-state index in [2.05, 4.69) is 34.6 Å². The Morgan fingerprint density at radius 1 is 0.974 bits per heavy atom. The Morgan fingerprint density at radius 2 is 1.68 bits per heavy atom. The quantitative estimate of drug-likeness (QED) is 0.325. The summed E-state index contributed by atoms with van der Waals surface area (Å²) in [5.74, 6) is -0.497. The van der Waals surface area contributed by atoms with Gasteiger partial charge in [0.15, 0.2) is 0 Å². The summed E-state index contributed by atoms with van der Waals surface area (Å²) in [6.45, 7) is 6.39. The van der Waals surface area contributed by atoms with Crippen molar-refractivity contribution in [1.82, 2.24) is 0 Å². The highest BCUT2D eigenvalue weighted by Gasteiger charge is 2.25.